The van der Waals surface area contributed by atoms with Crippen LogP contribution in [0, 0.1) is 5.92 Å². The number of carbonyl (C=O) groups excluding carboxylic acids is 1. The van der Waals surface area contributed by atoms with Gasteiger partial charge in [-0.15, -0.1) is 0 Å². The molecule has 3 heterocycles. The van der Waals surface area contributed by atoms with Crippen molar-refractivity contribution in [3.63, 3.8) is 0 Å². The average molecular weight is 326 g/mol. The summed E-state index contributed by atoms with van der Waals surface area (Å²) in [5.74, 6) is 0.708. The predicted octanol–water partition coefficient (Wildman–Crippen LogP) is 1.73. The number of nitrogens with zero attached hydrogens (tertiary/aromatic N) is 2. The van der Waals surface area contributed by atoms with Crippen molar-refractivity contribution in [1.82, 2.24) is 9.80 Å². The van der Waals surface area contributed by atoms with Crippen LogP contribution in [-0.2, 0) is 14.2 Å². The van der Waals surface area contributed by atoms with Crippen molar-refractivity contribution in [2.24, 2.45) is 5.92 Å². The number of amides is 1. The van der Waals surface area contributed by atoms with Crippen LogP contribution in [-0.4, -0.2) is 79.6 Å². The standard InChI is InChI=1S/C17H30N2O4/c1-17(2,3)23-16(20)18-9-14-11-22-12-15(10-18)19(14)8-13-4-6-21-7-5-13/h13-15H,4-12H2,1-3H3. The molecule has 2 bridgehead atoms. The van der Waals surface area contributed by atoms with Gasteiger partial charge in [0.15, 0.2) is 0 Å². The lowest BCUT2D eigenvalue weighted by molar-refractivity contribution is -0.106. The van der Waals surface area contributed by atoms with E-state index in [-0.39, 0.29) is 18.2 Å². The van der Waals surface area contributed by atoms with Crippen LogP contribution in [0.15, 0.2) is 0 Å². The number of hydrogen-bond donors (Lipinski definition) is 0. The van der Waals surface area contributed by atoms with E-state index < -0.39 is 5.60 Å². The van der Waals surface area contributed by atoms with E-state index >= 15 is 0 Å². The highest BCUT2D eigenvalue weighted by molar-refractivity contribution is 5.68. The lowest BCUT2D eigenvalue weighted by atomic mass is 9.95. The Bertz CT molecular complexity index is 403. The number of ether oxygens (including phenoxy) is 3. The van der Waals surface area contributed by atoms with Gasteiger partial charge in [0.2, 0.25) is 0 Å². The fraction of sp³-hybridized carbons (Fsp3) is 0.941. The molecule has 3 rings (SSSR count). The minimum Gasteiger partial charge on any atom is -0.444 e. The van der Waals surface area contributed by atoms with Crippen molar-refractivity contribution in [2.45, 2.75) is 51.3 Å². The molecule has 0 spiro atoms. The summed E-state index contributed by atoms with van der Waals surface area (Å²) < 4.78 is 16.7. The van der Waals surface area contributed by atoms with Gasteiger partial charge in [-0.2, -0.15) is 0 Å². The Morgan fingerprint density at radius 3 is 2.26 bits per heavy atom. The molecule has 0 aromatic carbocycles. The van der Waals surface area contributed by atoms with Gasteiger partial charge in [0.05, 0.1) is 25.3 Å². The third-order valence-corrected chi connectivity index (χ3v) is 4.88. The van der Waals surface area contributed by atoms with E-state index in [4.69, 9.17) is 14.2 Å². The van der Waals surface area contributed by atoms with Crippen molar-refractivity contribution in [1.29, 1.82) is 0 Å². The van der Waals surface area contributed by atoms with Crippen molar-refractivity contribution in [3.05, 3.63) is 0 Å². The van der Waals surface area contributed by atoms with Gasteiger partial charge in [0.1, 0.15) is 5.60 Å². The van der Waals surface area contributed by atoms with Crippen molar-refractivity contribution < 1.29 is 19.0 Å². The molecular weight excluding hydrogens is 296 g/mol. The molecule has 1 amide bonds. The van der Waals surface area contributed by atoms with Crippen LogP contribution in [0.25, 0.3) is 0 Å². The summed E-state index contributed by atoms with van der Waals surface area (Å²) in [6.07, 6.45) is 2.10. The van der Waals surface area contributed by atoms with E-state index in [1.165, 1.54) is 0 Å². The molecule has 0 aromatic rings. The lowest BCUT2D eigenvalue weighted by Crippen LogP contribution is -2.66. The van der Waals surface area contributed by atoms with Crippen molar-refractivity contribution in [2.75, 3.05) is 46.1 Å². The number of piperazine rings is 1. The van der Waals surface area contributed by atoms with E-state index in [9.17, 15) is 4.79 Å². The van der Waals surface area contributed by atoms with Gasteiger partial charge in [0.25, 0.3) is 0 Å². The first-order chi connectivity index (χ1) is 10.9. The van der Waals surface area contributed by atoms with Crippen LogP contribution in [0.2, 0.25) is 0 Å². The molecule has 3 aliphatic rings. The molecule has 3 saturated heterocycles. The number of rotatable bonds is 2. The highest BCUT2D eigenvalue weighted by atomic mass is 16.6. The molecule has 6 nitrogen and oxygen atoms in total. The van der Waals surface area contributed by atoms with Gasteiger partial charge >= 0.3 is 6.09 Å². The Morgan fingerprint density at radius 1 is 1.09 bits per heavy atom. The molecule has 3 aliphatic heterocycles. The molecule has 2 unspecified atom stereocenters. The summed E-state index contributed by atoms with van der Waals surface area (Å²) in [5.41, 5.74) is -0.443. The quantitative estimate of drug-likeness (QED) is 0.773. The second-order valence-corrected chi connectivity index (χ2v) is 7.98. The van der Waals surface area contributed by atoms with Crippen LogP contribution >= 0.6 is 0 Å². The molecule has 0 saturated carbocycles. The fourth-order valence-corrected chi connectivity index (χ4v) is 3.73. The maximum atomic E-state index is 12.4. The first-order valence-electron chi connectivity index (χ1n) is 8.81. The average Bonchev–Trinajstić information content (AvgIpc) is 2.46. The molecule has 0 aliphatic carbocycles. The maximum absolute atomic E-state index is 12.4. The first-order valence-corrected chi connectivity index (χ1v) is 8.81. The Kier molecular flexibility index (Phi) is 5.13. The normalized spacial score (nSPS) is 30.3. The Morgan fingerprint density at radius 2 is 1.70 bits per heavy atom. The topological polar surface area (TPSA) is 51.2 Å². The van der Waals surface area contributed by atoms with E-state index in [0.29, 0.717) is 32.2 Å². The van der Waals surface area contributed by atoms with Gasteiger partial charge in [-0.3, -0.25) is 4.90 Å². The van der Waals surface area contributed by atoms with Gasteiger partial charge in [-0.1, -0.05) is 0 Å². The summed E-state index contributed by atoms with van der Waals surface area (Å²) >= 11 is 0. The van der Waals surface area contributed by atoms with Crippen LogP contribution in [0.4, 0.5) is 4.79 Å². The minimum atomic E-state index is -0.443. The SMILES string of the molecule is CC(C)(C)OC(=O)N1CC2COCC(C1)N2CC1CCOCC1. The second kappa shape index (κ2) is 6.95. The van der Waals surface area contributed by atoms with Crippen LogP contribution < -0.4 is 0 Å². The van der Waals surface area contributed by atoms with Crippen molar-refractivity contribution >= 4 is 6.09 Å². The third-order valence-electron chi connectivity index (χ3n) is 4.88. The highest BCUT2D eigenvalue weighted by Gasteiger charge is 2.41. The zero-order chi connectivity index (χ0) is 16.4. The highest BCUT2D eigenvalue weighted by Crippen LogP contribution is 2.26. The first kappa shape index (κ1) is 17.0. The molecule has 132 valence electrons. The third kappa shape index (κ3) is 4.37. The summed E-state index contributed by atoms with van der Waals surface area (Å²) in [4.78, 5) is 16.8. The summed E-state index contributed by atoms with van der Waals surface area (Å²) in [7, 11) is 0. The molecule has 0 N–H and O–H groups in total. The van der Waals surface area contributed by atoms with E-state index in [2.05, 4.69) is 4.90 Å². The number of morpholine rings is 1. The second-order valence-electron chi connectivity index (χ2n) is 7.98. The van der Waals surface area contributed by atoms with E-state index in [1.54, 1.807) is 0 Å². The van der Waals surface area contributed by atoms with Gasteiger partial charge in [-0.25, -0.2) is 4.79 Å². The number of hydrogen-bond acceptors (Lipinski definition) is 5. The number of fused-ring (bicyclic) bond motifs is 2. The van der Waals surface area contributed by atoms with E-state index in [1.807, 2.05) is 25.7 Å². The van der Waals surface area contributed by atoms with Gasteiger partial charge in [-0.05, 0) is 39.5 Å². The van der Waals surface area contributed by atoms with Crippen LogP contribution in [0.5, 0.6) is 0 Å². The molecular formula is C17H30N2O4. The Hall–Kier alpha value is -0.850. The number of carbonyl (C=O) groups is 1. The molecule has 0 radical (unpaired) electrons. The van der Waals surface area contributed by atoms with Gasteiger partial charge < -0.3 is 19.1 Å². The Balaban J connectivity index is 1.60. The van der Waals surface area contributed by atoms with Gasteiger partial charge in [0, 0.05) is 32.8 Å². The van der Waals surface area contributed by atoms with Crippen molar-refractivity contribution in [3.8, 4) is 0 Å². The lowest BCUT2D eigenvalue weighted by Gasteiger charge is -2.50. The zero-order valence-electron chi connectivity index (χ0n) is 14.6. The maximum Gasteiger partial charge on any atom is 0.410 e. The molecule has 6 heteroatoms. The zero-order valence-corrected chi connectivity index (χ0v) is 14.6. The molecule has 3 fully saturated rings. The largest absolute Gasteiger partial charge is 0.444 e. The summed E-state index contributed by atoms with van der Waals surface area (Å²) in [6.45, 7) is 11.4. The summed E-state index contributed by atoms with van der Waals surface area (Å²) in [6, 6.07) is 0.579. The fourth-order valence-electron chi connectivity index (χ4n) is 3.73. The Labute approximate surface area is 139 Å². The van der Waals surface area contributed by atoms with Crippen LogP contribution in [0.1, 0.15) is 33.6 Å². The molecule has 0 aromatic heterocycles. The monoisotopic (exact) mass is 326 g/mol. The molecule has 2 atom stereocenters. The summed E-state index contributed by atoms with van der Waals surface area (Å²) in [5, 5.41) is 0. The van der Waals surface area contributed by atoms with Crippen LogP contribution in [0.3, 0.4) is 0 Å². The van der Waals surface area contributed by atoms with E-state index in [0.717, 1.165) is 32.6 Å². The minimum absolute atomic E-state index is 0.194. The molecule has 23 heavy (non-hydrogen) atoms. The predicted molar refractivity (Wildman–Crippen MR) is 86.5 cm³/mol. The smallest absolute Gasteiger partial charge is 0.410 e.